The Kier molecular flexibility index (Phi) is 5.64. The second-order valence-corrected chi connectivity index (χ2v) is 8.25. The van der Waals surface area contributed by atoms with E-state index in [0.717, 1.165) is 10.6 Å². The molecule has 0 aliphatic rings. The van der Waals surface area contributed by atoms with Gasteiger partial charge >= 0.3 is 0 Å². The van der Waals surface area contributed by atoms with E-state index in [0.29, 0.717) is 27.6 Å². The van der Waals surface area contributed by atoms with Crippen molar-refractivity contribution in [3.05, 3.63) is 80.7 Å². The highest BCUT2D eigenvalue weighted by atomic mass is 32.1. The maximum atomic E-state index is 12.4. The van der Waals surface area contributed by atoms with Gasteiger partial charge in [-0.15, -0.1) is 22.7 Å². The zero-order chi connectivity index (χ0) is 21.1. The molecule has 0 unspecified atom stereocenters. The quantitative estimate of drug-likeness (QED) is 0.325. The molecule has 0 saturated heterocycles. The number of hydrogen-bond acceptors (Lipinski definition) is 7. The number of carbonyl (C=O) groups excluding carboxylic acids is 1. The van der Waals surface area contributed by atoms with Gasteiger partial charge in [0, 0.05) is 33.5 Å². The maximum Gasteiger partial charge on any atom is 0.272 e. The number of aryl methyl sites for hydroxylation is 1. The third-order valence-corrected chi connectivity index (χ3v) is 6.06. The number of carbonyl (C=O) groups is 1. The highest BCUT2D eigenvalue weighted by Gasteiger charge is 2.15. The van der Waals surface area contributed by atoms with Gasteiger partial charge in [0.05, 0.1) is 22.7 Å². The summed E-state index contributed by atoms with van der Waals surface area (Å²) in [6.45, 7) is 1.69. The van der Waals surface area contributed by atoms with Gasteiger partial charge in [-0.05, 0) is 6.92 Å². The summed E-state index contributed by atoms with van der Waals surface area (Å²) in [5.41, 5.74) is 3.57. The van der Waals surface area contributed by atoms with Gasteiger partial charge in [-0.3, -0.25) is 14.9 Å². The molecular weight excluding hydrogens is 420 g/mol. The summed E-state index contributed by atoms with van der Waals surface area (Å²) in [7, 11) is 0. The number of rotatable bonds is 6. The number of nitrogens with one attached hydrogen (secondary N) is 1. The molecule has 4 aromatic rings. The van der Waals surface area contributed by atoms with Gasteiger partial charge < -0.3 is 5.32 Å². The number of nitro groups is 1. The molecule has 1 N–H and O–H groups in total. The molecule has 0 fully saturated rings. The predicted molar refractivity (Wildman–Crippen MR) is 119 cm³/mol. The SMILES string of the molecule is Cc1ccc(-c2csc(NC(=O)Cc3csc(-c4ccccc4)n3)n2)cc1[N+](=O)[O-]. The number of nitrogens with zero attached hydrogens (tertiary/aromatic N) is 3. The van der Waals surface area contributed by atoms with Crippen LogP contribution < -0.4 is 5.32 Å². The molecule has 2 aromatic carbocycles. The number of amides is 1. The van der Waals surface area contributed by atoms with Crippen LogP contribution in [0.2, 0.25) is 0 Å². The number of hydrogen-bond donors (Lipinski definition) is 1. The second kappa shape index (κ2) is 8.52. The van der Waals surface area contributed by atoms with Crippen molar-refractivity contribution in [2.75, 3.05) is 5.32 Å². The minimum atomic E-state index is -0.411. The first-order valence-corrected chi connectivity index (χ1v) is 10.8. The fourth-order valence-corrected chi connectivity index (χ4v) is 4.42. The number of aromatic nitrogens is 2. The first-order valence-electron chi connectivity index (χ1n) is 9.00. The Morgan fingerprint density at radius 3 is 2.63 bits per heavy atom. The zero-order valence-corrected chi connectivity index (χ0v) is 17.5. The third-order valence-electron chi connectivity index (χ3n) is 4.37. The lowest BCUT2D eigenvalue weighted by atomic mass is 10.1. The average molecular weight is 437 g/mol. The molecule has 1 amide bonds. The molecule has 150 valence electrons. The second-order valence-electron chi connectivity index (χ2n) is 6.53. The molecule has 7 nitrogen and oxygen atoms in total. The van der Waals surface area contributed by atoms with Crippen molar-refractivity contribution in [1.29, 1.82) is 0 Å². The summed E-state index contributed by atoms with van der Waals surface area (Å²) in [6, 6.07) is 14.8. The van der Waals surface area contributed by atoms with Crippen LogP contribution in [-0.2, 0) is 11.2 Å². The molecule has 0 aliphatic carbocycles. The van der Waals surface area contributed by atoms with Crippen LogP contribution in [0, 0.1) is 17.0 Å². The van der Waals surface area contributed by atoms with Crippen LogP contribution in [0.4, 0.5) is 10.8 Å². The normalized spacial score (nSPS) is 10.7. The topological polar surface area (TPSA) is 98.0 Å². The zero-order valence-electron chi connectivity index (χ0n) is 15.9. The molecule has 9 heteroatoms. The van der Waals surface area contributed by atoms with Gasteiger partial charge in [-0.25, -0.2) is 9.97 Å². The van der Waals surface area contributed by atoms with Gasteiger partial charge in [0.25, 0.3) is 5.69 Å². The van der Waals surface area contributed by atoms with E-state index in [2.05, 4.69) is 15.3 Å². The van der Waals surface area contributed by atoms with E-state index < -0.39 is 4.92 Å². The van der Waals surface area contributed by atoms with E-state index in [1.165, 1.54) is 28.7 Å². The van der Waals surface area contributed by atoms with Crippen molar-refractivity contribution >= 4 is 39.4 Å². The first-order chi connectivity index (χ1) is 14.5. The molecule has 0 bridgehead atoms. The van der Waals surface area contributed by atoms with E-state index >= 15 is 0 Å². The number of benzene rings is 2. The number of anilines is 1. The molecule has 0 spiro atoms. The lowest BCUT2D eigenvalue weighted by Crippen LogP contribution is -2.14. The molecule has 4 rings (SSSR count). The minimum Gasteiger partial charge on any atom is -0.302 e. The summed E-state index contributed by atoms with van der Waals surface area (Å²) in [5, 5.41) is 18.9. The summed E-state index contributed by atoms with van der Waals surface area (Å²) in [6.07, 6.45) is 0.147. The fraction of sp³-hybridized carbons (Fsp3) is 0.0952. The minimum absolute atomic E-state index is 0.0452. The van der Waals surface area contributed by atoms with E-state index in [1.807, 2.05) is 35.7 Å². The number of nitro benzene ring substituents is 1. The Morgan fingerprint density at radius 2 is 1.87 bits per heavy atom. The highest BCUT2D eigenvalue weighted by molar-refractivity contribution is 7.14. The van der Waals surface area contributed by atoms with Crippen LogP contribution in [0.25, 0.3) is 21.8 Å². The van der Waals surface area contributed by atoms with Gasteiger partial charge in [0.1, 0.15) is 5.01 Å². The Bertz CT molecular complexity index is 1220. The Labute approximate surface area is 180 Å². The van der Waals surface area contributed by atoms with E-state index in [-0.39, 0.29) is 18.0 Å². The lowest BCUT2D eigenvalue weighted by Gasteiger charge is -2.01. The molecule has 0 radical (unpaired) electrons. The van der Waals surface area contributed by atoms with Gasteiger partial charge in [0.15, 0.2) is 5.13 Å². The highest BCUT2D eigenvalue weighted by Crippen LogP contribution is 2.29. The maximum absolute atomic E-state index is 12.4. The van der Waals surface area contributed by atoms with Crippen molar-refractivity contribution in [3.63, 3.8) is 0 Å². The van der Waals surface area contributed by atoms with Crippen LogP contribution in [0.15, 0.2) is 59.3 Å². The van der Waals surface area contributed by atoms with Crippen molar-refractivity contribution in [1.82, 2.24) is 9.97 Å². The molecule has 0 saturated carbocycles. The van der Waals surface area contributed by atoms with Gasteiger partial charge in [-0.1, -0.05) is 42.5 Å². The molecular formula is C21H16N4O3S2. The van der Waals surface area contributed by atoms with Gasteiger partial charge in [-0.2, -0.15) is 0 Å². The summed E-state index contributed by atoms with van der Waals surface area (Å²) in [4.78, 5) is 32.0. The Balaban J connectivity index is 1.43. The molecule has 30 heavy (non-hydrogen) atoms. The van der Waals surface area contributed by atoms with Crippen molar-refractivity contribution < 1.29 is 9.72 Å². The van der Waals surface area contributed by atoms with E-state index in [4.69, 9.17) is 0 Å². The standard InChI is InChI=1S/C21H16N4O3S2/c1-13-7-8-15(9-18(13)25(27)28)17-12-30-21(23-17)24-19(26)10-16-11-29-20(22-16)14-5-3-2-4-6-14/h2-9,11-12H,10H2,1H3,(H,23,24,26). The number of thiazole rings is 2. The van der Waals surface area contributed by atoms with Crippen LogP contribution in [0.5, 0.6) is 0 Å². The predicted octanol–water partition coefficient (Wildman–Crippen LogP) is 5.33. The van der Waals surface area contributed by atoms with Gasteiger partial charge in [0.2, 0.25) is 5.91 Å². The monoisotopic (exact) mass is 436 g/mol. The molecule has 0 atom stereocenters. The van der Waals surface area contributed by atoms with Crippen LogP contribution in [0.1, 0.15) is 11.3 Å². The van der Waals surface area contributed by atoms with Crippen LogP contribution >= 0.6 is 22.7 Å². The van der Waals surface area contributed by atoms with Crippen LogP contribution in [-0.4, -0.2) is 20.8 Å². The lowest BCUT2D eigenvalue weighted by molar-refractivity contribution is -0.385. The van der Waals surface area contributed by atoms with E-state index in [9.17, 15) is 14.9 Å². The Morgan fingerprint density at radius 1 is 1.07 bits per heavy atom. The molecule has 0 aliphatic heterocycles. The summed E-state index contributed by atoms with van der Waals surface area (Å²) in [5.74, 6) is -0.212. The smallest absolute Gasteiger partial charge is 0.272 e. The van der Waals surface area contributed by atoms with E-state index in [1.54, 1.807) is 24.4 Å². The van der Waals surface area contributed by atoms with Crippen LogP contribution in [0.3, 0.4) is 0 Å². The van der Waals surface area contributed by atoms with Crippen molar-refractivity contribution in [2.24, 2.45) is 0 Å². The molecule has 2 aromatic heterocycles. The van der Waals surface area contributed by atoms with Crippen molar-refractivity contribution in [2.45, 2.75) is 13.3 Å². The Hall–Kier alpha value is -3.43. The summed E-state index contributed by atoms with van der Waals surface area (Å²) < 4.78 is 0. The largest absolute Gasteiger partial charge is 0.302 e. The summed E-state index contributed by atoms with van der Waals surface area (Å²) >= 11 is 2.77. The van der Waals surface area contributed by atoms with Crippen molar-refractivity contribution in [3.8, 4) is 21.8 Å². The third kappa shape index (κ3) is 4.42. The average Bonchev–Trinajstić information content (AvgIpc) is 3.38. The first kappa shape index (κ1) is 19.9. The molecule has 2 heterocycles. The fourth-order valence-electron chi connectivity index (χ4n) is 2.86.